The molecule has 27 heteroatoms. The van der Waals surface area contributed by atoms with Gasteiger partial charge in [-0.1, -0.05) is 72.8 Å². The summed E-state index contributed by atoms with van der Waals surface area (Å²) in [5.74, 6) is -6.26. The number of imide groups is 1. The monoisotopic (exact) mass is 1410 g/mol. The zero-order chi connectivity index (χ0) is 72.7. The first-order chi connectivity index (χ1) is 47.4. The number of fused-ring (bicyclic) bond motifs is 1. The van der Waals surface area contributed by atoms with Crippen LogP contribution in [0.1, 0.15) is 157 Å². The summed E-state index contributed by atoms with van der Waals surface area (Å²) in [7, 11) is -3.93. The van der Waals surface area contributed by atoms with Crippen molar-refractivity contribution < 1.29 is 89.2 Å². The molecule has 0 saturated carbocycles. The lowest BCUT2D eigenvalue weighted by Gasteiger charge is -2.28. The number of carbonyl (C=O) groups excluding carboxylic acids is 8. The summed E-state index contributed by atoms with van der Waals surface area (Å²) < 4.78 is 92.9. The lowest BCUT2D eigenvalue weighted by molar-refractivity contribution is -0.163. The van der Waals surface area contributed by atoms with Gasteiger partial charge < -0.3 is 44.8 Å². The first-order valence-corrected chi connectivity index (χ1v) is 35.3. The number of ketones is 1. The van der Waals surface area contributed by atoms with Crippen LogP contribution in [-0.2, 0) is 125 Å². The van der Waals surface area contributed by atoms with Crippen LogP contribution in [0.25, 0.3) is 16.6 Å². The maximum absolute atomic E-state index is 16.3. The first-order valence-electron chi connectivity index (χ1n) is 33.8. The van der Waals surface area contributed by atoms with Crippen molar-refractivity contribution in [3.05, 3.63) is 146 Å². The minimum Gasteiger partial charge on any atom is -0.438 e. The fraction of sp³-hybridized carbons (Fsp3) is 0.521. The van der Waals surface area contributed by atoms with Gasteiger partial charge in [-0.15, -0.1) is 0 Å². The molecule has 3 aliphatic rings. The van der Waals surface area contributed by atoms with Crippen molar-refractivity contribution in [2.24, 2.45) is 29.5 Å². The number of Topliss-reactive ketones (excluding diaryl/α,β-unsaturated/α-hetero) is 1. The predicted molar refractivity (Wildman–Crippen MR) is 365 cm³/mol. The van der Waals surface area contributed by atoms with Crippen LogP contribution in [0.15, 0.2) is 95.8 Å². The maximum Gasteiger partial charge on any atom is 0.410 e. The Hall–Kier alpha value is -8.10. The van der Waals surface area contributed by atoms with Gasteiger partial charge in [-0.2, -0.15) is 8.78 Å². The molecule has 100 heavy (non-hydrogen) atoms. The Bertz CT molecular complexity index is 3880. The number of allylic oxidation sites excluding steroid dienone is 1. The molecule has 4 aromatic carbocycles. The third kappa shape index (κ3) is 20.1. The van der Waals surface area contributed by atoms with Crippen molar-refractivity contribution in [3.63, 3.8) is 0 Å². The van der Waals surface area contributed by atoms with E-state index in [0.717, 1.165) is 76.7 Å². The van der Waals surface area contributed by atoms with E-state index in [4.69, 9.17) is 43.2 Å². The van der Waals surface area contributed by atoms with Gasteiger partial charge in [0.15, 0.2) is 5.78 Å². The van der Waals surface area contributed by atoms with Crippen LogP contribution in [0.3, 0.4) is 0 Å². The molecule has 2 aliphatic carbocycles. The summed E-state index contributed by atoms with van der Waals surface area (Å²) in [5, 5.41) is 8.26. The summed E-state index contributed by atoms with van der Waals surface area (Å²) in [6.07, 6.45) is 5.17. The lowest BCUT2D eigenvalue weighted by Crippen LogP contribution is -2.49. The molecule has 0 bridgehead atoms. The molecule has 5 N–H and O–H groups in total. The number of piperidine rings is 1. The van der Waals surface area contributed by atoms with Gasteiger partial charge in [0.1, 0.15) is 6.04 Å². The highest BCUT2D eigenvalue weighted by atomic mass is 31.2. The summed E-state index contributed by atoms with van der Waals surface area (Å²) >= 11 is 0. The van der Waals surface area contributed by atoms with Crippen molar-refractivity contribution in [3.8, 4) is 0 Å². The number of rotatable bonds is 35. The second-order valence-electron chi connectivity index (χ2n) is 27.6. The number of nitrogens with zero attached hydrogens (tertiary/aromatic N) is 2. The van der Waals surface area contributed by atoms with Crippen LogP contribution in [0.5, 0.6) is 0 Å². The highest BCUT2D eigenvalue weighted by Crippen LogP contribution is 2.67. The number of carbonyl (C=O) groups is 8. The van der Waals surface area contributed by atoms with Gasteiger partial charge in [0.25, 0.3) is 0 Å². The Kier molecular flexibility index (Phi) is 26.8. The number of alkyl halides is 2. The zero-order valence-electron chi connectivity index (χ0n) is 58.3. The van der Waals surface area contributed by atoms with E-state index < -0.39 is 115 Å². The quantitative estimate of drug-likeness (QED) is 0.00734. The number of halogens is 2. The Balaban J connectivity index is 0.767. The lowest BCUT2D eigenvalue weighted by atomic mass is 9.84. The van der Waals surface area contributed by atoms with E-state index in [-0.39, 0.29) is 62.5 Å². The number of hydrogen-bond acceptors (Lipinski definition) is 18. The van der Waals surface area contributed by atoms with Crippen molar-refractivity contribution in [1.29, 1.82) is 0 Å². The number of aryl methyl sites for hydroxylation is 4. The number of esters is 2. The van der Waals surface area contributed by atoms with Crippen molar-refractivity contribution >= 4 is 71.5 Å². The molecule has 1 saturated heterocycles. The van der Waals surface area contributed by atoms with E-state index in [0.29, 0.717) is 62.7 Å². The van der Waals surface area contributed by atoms with Gasteiger partial charge in [0.05, 0.1) is 84.9 Å². The molecule has 8 rings (SSSR count). The Morgan fingerprint density at radius 3 is 1.92 bits per heavy atom. The van der Waals surface area contributed by atoms with E-state index >= 15 is 8.78 Å². The summed E-state index contributed by atoms with van der Waals surface area (Å²) in [4.78, 5) is 117. The van der Waals surface area contributed by atoms with Gasteiger partial charge in [0, 0.05) is 44.7 Å². The molecule has 5 aromatic rings. The third-order valence-electron chi connectivity index (χ3n) is 17.9. The van der Waals surface area contributed by atoms with E-state index in [1.54, 1.807) is 20.9 Å². The second-order valence-corrected chi connectivity index (χ2v) is 29.7. The Labute approximate surface area is 580 Å². The van der Waals surface area contributed by atoms with Crippen molar-refractivity contribution in [2.75, 3.05) is 53.2 Å². The number of nitrogens with two attached hydrogens (primary N) is 1. The fourth-order valence-corrected chi connectivity index (χ4v) is 13.4. The minimum atomic E-state index is -5.60. The third-order valence-corrected chi connectivity index (χ3v) is 19.8. The summed E-state index contributed by atoms with van der Waals surface area (Å²) in [6, 6.07) is 21.4. The van der Waals surface area contributed by atoms with E-state index in [1.165, 1.54) is 68.9 Å². The number of amides is 5. The van der Waals surface area contributed by atoms with Gasteiger partial charge in [-0.25, -0.2) is 4.79 Å². The van der Waals surface area contributed by atoms with E-state index in [9.17, 15) is 47.7 Å². The molecule has 542 valence electrons. The van der Waals surface area contributed by atoms with Gasteiger partial charge >= 0.3 is 30.9 Å². The molecule has 1 aromatic heterocycles. The number of aromatic nitrogens is 2. The molecule has 5 amide bonds. The van der Waals surface area contributed by atoms with Crippen LogP contribution in [0, 0.1) is 16.7 Å². The molecule has 2 unspecified atom stereocenters. The average Bonchev–Trinajstić information content (AvgIpc) is 1.59. The molecular weight excluding hydrogens is 1320 g/mol. The standard InChI is InChI=1S/C73H93F2N6O18P/c1-45(50-22-25-53(26-23-50)73(74,75)100(91,98-43-96-68(88)71(3,4)5)99-44-97-69(89)72(6,7)8)39-62(84)77-56-27-24-51-15-10-16-52-41-54(64(63(51)52)65(56)85)66(86)78-55(28-31-60(76)82)46(2)95-42-49-19-17-47(18-20-49)13-11-33-92-35-37-94-38-36-93-34-12-14-48-21-29-57-59(40-48)80(9)70(90)81(57)58-30-32-61(83)79-67(58)87/h10,15-23,25-26,29,39-40,46,54-56,58,64H,11-14,24,27-28,30-38,41-44H2,1-9H3,(H2,76,82)(H,77,84)(H,78,86)(H,79,83,87)/b45-39+/t46-,54-,55+,56+,58?,64?/m1/s1. The smallest absolute Gasteiger partial charge is 0.410 e. The van der Waals surface area contributed by atoms with Crippen molar-refractivity contribution in [2.45, 2.75) is 168 Å². The molecule has 24 nitrogen and oxygen atoms in total. The Morgan fingerprint density at radius 1 is 0.740 bits per heavy atom. The molecule has 6 atom stereocenters. The summed E-state index contributed by atoms with van der Waals surface area (Å²) in [6.45, 7) is 13.1. The number of primary amides is 1. The maximum atomic E-state index is 16.3. The molecule has 0 radical (unpaired) electrons. The zero-order valence-corrected chi connectivity index (χ0v) is 59.2. The van der Waals surface area contributed by atoms with E-state index in [1.807, 2.05) is 60.7 Å². The van der Waals surface area contributed by atoms with Gasteiger partial charge in [-0.3, -0.25) is 66.4 Å². The van der Waals surface area contributed by atoms with Crippen LogP contribution >= 0.6 is 7.60 Å². The summed E-state index contributed by atoms with van der Waals surface area (Å²) in [5.41, 5.74) is 5.47. The van der Waals surface area contributed by atoms with Crippen molar-refractivity contribution in [1.82, 2.24) is 25.1 Å². The van der Waals surface area contributed by atoms with Crippen LogP contribution < -0.4 is 27.4 Å². The topological polar surface area (TPSA) is 317 Å². The second kappa shape index (κ2) is 34.5. The number of benzene rings is 4. The number of imidazole rings is 1. The minimum absolute atomic E-state index is 0.0417. The predicted octanol–water partition coefficient (Wildman–Crippen LogP) is 9.02. The molecular formula is C73H93F2N6O18P. The normalized spacial score (nSPS) is 18.0. The largest absolute Gasteiger partial charge is 0.438 e. The SMILES string of the molecule is C/C(=C\C(=O)N[C@H]1CCc2cccc3c2C(C1=O)[C@H](C(=O)N[C@@H](CCC(N)=O)[C@@H](C)OCc1ccc(CCCOCCOCCOCCCc2ccc4c(c2)n(C)c(=O)n4C2CCC(=O)NC2=O)cc1)C3)c1ccc(C(F)(F)P(=O)(OCOC(=O)C(C)(C)C)OCOC(=O)C(C)(C)C)cc1. The van der Waals surface area contributed by atoms with Gasteiger partial charge in [0.2, 0.25) is 43.1 Å². The number of nitrogens with one attached hydrogen (secondary N) is 3. The van der Waals surface area contributed by atoms with Gasteiger partial charge in [-0.05, 0) is 170 Å². The van der Waals surface area contributed by atoms with Crippen LogP contribution in [0.4, 0.5) is 8.78 Å². The van der Waals surface area contributed by atoms with Crippen LogP contribution in [-0.4, -0.2) is 128 Å². The average molecular weight is 1410 g/mol. The molecule has 1 fully saturated rings. The highest BCUT2D eigenvalue weighted by molar-refractivity contribution is 7.54. The molecule has 0 spiro atoms. The number of ether oxygens (including phenoxy) is 6. The molecule has 2 heterocycles. The van der Waals surface area contributed by atoms with Crippen LogP contribution in [0.2, 0.25) is 0 Å². The Morgan fingerprint density at radius 2 is 1.32 bits per heavy atom. The first kappa shape index (κ1) is 77.6. The van der Waals surface area contributed by atoms with E-state index in [2.05, 4.69) is 16.0 Å². The highest BCUT2D eigenvalue weighted by Gasteiger charge is 2.56. The number of hydrogen-bond donors (Lipinski definition) is 4. The fourth-order valence-electron chi connectivity index (χ4n) is 12.2. The molecule has 1 aliphatic heterocycles.